The van der Waals surface area contributed by atoms with E-state index in [0.29, 0.717) is 0 Å². The summed E-state index contributed by atoms with van der Waals surface area (Å²) in [4.78, 5) is 16.5. The topological polar surface area (TPSA) is 49.8 Å². The number of aldehydes is 1. The maximum absolute atomic E-state index is 10.8. The summed E-state index contributed by atoms with van der Waals surface area (Å²) in [7, 11) is 0. The van der Waals surface area contributed by atoms with Crippen molar-refractivity contribution in [1.29, 1.82) is 0 Å². The van der Waals surface area contributed by atoms with Crippen molar-refractivity contribution >= 4 is 6.29 Å². The summed E-state index contributed by atoms with van der Waals surface area (Å²) in [6, 6.07) is -0.160. The summed E-state index contributed by atoms with van der Waals surface area (Å²) in [5.41, 5.74) is 0.884. The molecule has 0 bridgehead atoms. The Morgan fingerprint density at radius 2 is 2.44 bits per heavy atom. The molecule has 0 aromatic carbocycles. The van der Waals surface area contributed by atoms with Gasteiger partial charge in [0.2, 0.25) is 0 Å². The van der Waals surface area contributed by atoms with Crippen LogP contribution in [-0.2, 0) is 9.63 Å². The second-order valence-corrected chi connectivity index (χ2v) is 4.30. The highest BCUT2D eigenvalue weighted by Crippen LogP contribution is 2.22. The van der Waals surface area contributed by atoms with Crippen LogP contribution < -0.4 is 0 Å². The predicted molar refractivity (Wildman–Crippen MR) is 59.6 cm³/mol. The smallest absolute Gasteiger partial charge is 0.139 e. The molecule has 3 atom stereocenters. The Bertz CT molecular complexity index is 324. The molecule has 4 heteroatoms. The van der Waals surface area contributed by atoms with Crippen LogP contribution in [0.4, 0.5) is 0 Å². The van der Waals surface area contributed by atoms with Gasteiger partial charge < -0.3 is 9.90 Å². The fraction of sp³-hybridized carbons (Fsp3) is 0.583. The third kappa shape index (κ3) is 2.24. The number of rotatable bonds is 3. The highest BCUT2D eigenvalue weighted by atomic mass is 16.7. The molecule has 88 valence electrons. The van der Waals surface area contributed by atoms with Crippen LogP contribution in [0.2, 0.25) is 0 Å². The van der Waals surface area contributed by atoms with Gasteiger partial charge in [0, 0.05) is 6.54 Å². The van der Waals surface area contributed by atoms with E-state index in [1.807, 2.05) is 25.2 Å². The highest BCUT2D eigenvalue weighted by molar-refractivity contribution is 5.57. The van der Waals surface area contributed by atoms with Gasteiger partial charge in [0.25, 0.3) is 0 Å². The first-order valence-corrected chi connectivity index (χ1v) is 5.64. The van der Waals surface area contributed by atoms with Crippen LogP contribution in [0.25, 0.3) is 0 Å². The highest BCUT2D eigenvalue weighted by Gasteiger charge is 2.30. The third-order valence-corrected chi connectivity index (χ3v) is 3.10. The number of aliphatic hydroxyl groups is 1. The van der Waals surface area contributed by atoms with Crippen molar-refractivity contribution in [2.24, 2.45) is 0 Å². The first-order valence-electron chi connectivity index (χ1n) is 5.64. The molecule has 4 nitrogen and oxygen atoms in total. The zero-order valence-corrected chi connectivity index (χ0v) is 9.37. The lowest BCUT2D eigenvalue weighted by atomic mass is 10.0. The Balaban J connectivity index is 1.97. The van der Waals surface area contributed by atoms with Gasteiger partial charge in [-0.3, -0.25) is 4.84 Å². The second kappa shape index (κ2) is 4.91. The first kappa shape index (κ1) is 11.5. The maximum Gasteiger partial charge on any atom is 0.139 e. The standard InChI is InChI=1S/C12H17NO3/c1-9-4-2-6-11(12(9)15)16-13-7-3-5-10(13)8-14/h2,4,6,8,10-12,15H,3,5,7H2,1H3/t10-,11-,12+/m0/s1. The molecule has 1 N–H and O–H groups in total. The van der Waals surface area contributed by atoms with Gasteiger partial charge in [-0.2, -0.15) is 5.06 Å². The van der Waals surface area contributed by atoms with Gasteiger partial charge in [0.15, 0.2) is 0 Å². The molecular weight excluding hydrogens is 206 g/mol. The molecule has 0 radical (unpaired) electrons. The van der Waals surface area contributed by atoms with Crippen LogP contribution in [0.15, 0.2) is 23.8 Å². The summed E-state index contributed by atoms with van der Waals surface area (Å²) >= 11 is 0. The molecule has 1 aliphatic heterocycles. The zero-order chi connectivity index (χ0) is 11.5. The molecule has 1 heterocycles. The molecule has 0 spiro atoms. The van der Waals surface area contributed by atoms with Crippen molar-refractivity contribution in [2.45, 2.75) is 38.0 Å². The number of aliphatic hydroxyl groups excluding tert-OH is 1. The largest absolute Gasteiger partial charge is 0.386 e. The van der Waals surface area contributed by atoms with Gasteiger partial charge in [-0.25, -0.2) is 0 Å². The van der Waals surface area contributed by atoms with E-state index in [2.05, 4.69) is 0 Å². The average Bonchev–Trinajstić information content (AvgIpc) is 2.72. The minimum atomic E-state index is -0.613. The first-order chi connectivity index (χ1) is 7.72. The van der Waals surface area contributed by atoms with E-state index in [9.17, 15) is 9.90 Å². The van der Waals surface area contributed by atoms with Gasteiger partial charge in [0.1, 0.15) is 18.5 Å². The quantitative estimate of drug-likeness (QED) is 0.720. The second-order valence-electron chi connectivity index (χ2n) is 4.30. The lowest BCUT2D eigenvalue weighted by Gasteiger charge is -2.29. The Morgan fingerprint density at radius 1 is 1.62 bits per heavy atom. The Hall–Kier alpha value is -0.970. The molecule has 2 aliphatic rings. The monoisotopic (exact) mass is 223 g/mol. The summed E-state index contributed by atoms with van der Waals surface area (Å²) in [5, 5.41) is 11.6. The predicted octanol–water partition coefficient (Wildman–Crippen LogP) is 0.827. The van der Waals surface area contributed by atoms with Crippen molar-refractivity contribution in [3.63, 3.8) is 0 Å². The lowest BCUT2D eigenvalue weighted by Crippen LogP contribution is -2.40. The van der Waals surface area contributed by atoms with E-state index in [1.54, 1.807) is 5.06 Å². The third-order valence-electron chi connectivity index (χ3n) is 3.10. The van der Waals surface area contributed by atoms with Crippen molar-refractivity contribution in [1.82, 2.24) is 5.06 Å². The molecule has 2 rings (SSSR count). The van der Waals surface area contributed by atoms with Crippen molar-refractivity contribution in [3.05, 3.63) is 23.8 Å². The minimum absolute atomic E-state index is 0.160. The van der Waals surface area contributed by atoms with Crippen molar-refractivity contribution in [3.8, 4) is 0 Å². The molecule has 0 saturated carbocycles. The number of hydrogen-bond acceptors (Lipinski definition) is 4. The van der Waals surface area contributed by atoms with E-state index in [0.717, 1.165) is 31.2 Å². The SMILES string of the molecule is CC1=CC=C[C@H](ON2CCC[C@H]2C=O)[C@@H]1O. The van der Waals surface area contributed by atoms with Crippen molar-refractivity contribution in [2.75, 3.05) is 6.54 Å². The fourth-order valence-electron chi connectivity index (χ4n) is 2.06. The summed E-state index contributed by atoms with van der Waals surface area (Å²) in [5.74, 6) is 0. The van der Waals surface area contributed by atoms with Gasteiger partial charge >= 0.3 is 0 Å². The van der Waals surface area contributed by atoms with E-state index in [-0.39, 0.29) is 12.1 Å². The Kier molecular flexibility index (Phi) is 3.53. The fourth-order valence-corrected chi connectivity index (χ4v) is 2.06. The van der Waals surface area contributed by atoms with Gasteiger partial charge in [-0.1, -0.05) is 18.2 Å². The molecule has 0 aromatic rings. The van der Waals surface area contributed by atoms with Crippen LogP contribution in [0.3, 0.4) is 0 Å². The lowest BCUT2D eigenvalue weighted by molar-refractivity contribution is -0.207. The molecule has 16 heavy (non-hydrogen) atoms. The normalized spacial score (nSPS) is 35.1. The number of hydrogen-bond donors (Lipinski definition) is 1. The van der Waals surface area contributed by atoms with Gasteiger partial charge in [-0.05, 0) is 25.3 Å². The molecule has 1 fully saturated rings. The number of hydroxylamine groups is 2. The minimum Gasteiger partial charge on any atom is -0.386 e. The Labute approximate surface area is 95.1 Å². The van der Waals surface area contributed by atoms with Crippen LogP contribution >= 0.6 is 0 Å². The number of allylic oxidation sites excluding steroid dienone is 2. The molecule has 1 saturated heterocycles. The molecular formula is C12H17NO3. The zero-order valence-electron chi connectivity index (χ0n) is 9.37. The van der Waals surface area contributed by atoms with E-state index >= 15 is 0 Å². The average molecular weight is 223 g/mol. The molecule has 0 amide bonds. The van der Waals surface area contributed by atoms with Crippen LogP contribution in [-0.4, -0.2) is 41.3 Å². The van der Waals surface area contributed by atoms with E-state index in [4.69, 9.17) is 4.84 Å². The number of nitrogens with zero attached hydrogens (tertiary/aromatic N) is 1. The van der Waals surface area contributed by atoms with Gasteiger partial charge in [-0.15, -0.1) is 0 Å². The summed E-state index contributed by atoms with van der Waals surface area (Å²) in [6.07, 6.45) is 7.29. The van der Waals surface area contributed by atoms with Gasteiger partial charge in [0.05, 0.1) is 6.04 Å². The van der Waals surface area contributed by atoms with E-state index in [1.165, 1.54) is 0 Å². The van der Waals surface area contributed by atoms with Crippen LogP contribution in [0, 0.1) is 0 Å². The van der Waals surface area contributed by atoms with Crippen LogP contribution in [0.5, 0.6) is 0 Å². The maximum atomic E-state index is 10.8. The Morgan fingerprint density at radius 3 is 3.19 bits per heavy atom. The molecule has 0 aromatic heterocycles. The van der Waals surface area contributed by atoms with Crippen LogP contribution in [0.1, 0.15) is 19.8 Å². The molecule has 0 unspecified atom stereocenters. The number of carbonyl (C=O) groups excluding carboxylic acids is 1. The van der Waals surface area contributed by atoms with Crippen molar-refractivity contribution < 1.29 is 14.7 Å². The van der Waals surface area contributed by atoms with E-state index < -0.39 is 6.10 Å². The summed E-state index contributed by atoms with van der Waals surface area (Å²) < 4.78 is 0. The number of carbonyl (C=O) groups is 1. The molecule has 1 aliphatic carbocycles. The summed E-state index contributed by atoms with van der Waals surface area (Å²) in [6.45, 7) is 2.62.